The molecule has 3 rings (SSSR count). The number of thioether (sulfide) groups is 1. The normalized spacial score (nSPS) is 17.0. The molecule has 106 valence electrons. The highest BCUT2D eigenvalue weighted by Gasteiger charge is 2.49. The van der Waals surface area contributed by atoms with E-state index in [0.29, 0.717) is 0 Å². The van der Waals surface area contributed by atoms with Crippen LogP contribution >= 0.6 is 11.8 Å². The number of urea groups is 1. The Bertz CT molecular complexity index is 643. The summed E-state index contributed by atoms with van der Waals surface area (Å²) in [4.78, 5) is 18.2. The van der Waals surface area contributed by atoms with Crippen LogP contribution in [-0.4, -0.2) is 29.3 Å². The van der Waals surface area contributed by atoms with Gasteiger partial charge in [0.2, 0.25) is 0 Å². The second-order valence-corrected chi connectivity index (χ2v) is 5.70. The Morgan fingerprint density at radius 2 is 1.43 bits per heavy atom. The van der Waals surface area contributed by atoms with Crippen molar-refractivity contribution in [1.82, 2.24) is 4.90 Å². The third-order valence-corrected chi connectivity index (χ3v) is 4.65. The van der Waals surface area contributed by atoms with Gasteiger partial charge in [-0.15, -0.1) is 11.8 Å². The summed E-state index contributed by atoms with van der Waals surface area (Å²) in [5, 5.41) is 0.812. The Balaban J connectivity index is 2.31. The van der Waals surface area contributed by atoms with E-state index in [0.717, 1.165) is 16.2 Å². The number of carbonyl (C=O) groups excluding carboxylic acids is 1. The maximum Gasteiger partial charge on any atom is 0.345 e. The molecule has 21 heavy (non-hydrogen) atoms. The van der Waals surface area contributed by atoms with Crippen molar-refractivity contribution in [3.8, 4) is 0 Å². The van der Waals surface area contributed by atoms with Crippen LogP contribution in [0.3, 0.4) is 0 Å². The average molecular weight is 296 g/mol. The zero-order valence-corrected chi connectivity index (χ0v) is 12.8. The number of hydrogen-bond donors (Lipinski definition) is 0. The molecular weight excluding hydrogens is 280 g/mol. The standard InChI is InChI=1S/C17H16N2OS/c1-19-16(20)18-15(21-2)17(19,13-9-5-3-6-10-13)14-11-7-4-8-12-14/h3-12H,1-2H3. The van der Waals surface area contributed by atoms with Gasteiger partial charge in [0.1, 0.15) is 10.6 Å². The topological polar surface area (TPSA) is 32.7 Å². The lowest BCUT2D eigenvalue weighted by molar-refractivity contribution is 0.204. The molecule has 3 nitrogen and oxygen atoms in total. The summed E-state index contributed by atoms with van der Waals surface area (Å²) < 4.78 is 0. The van der Waals surface area contributed by atoms with Crippen LogP contribution in [0.1, 0.15) is 11.1 Å². The van der Waals surface area contributed by atoms with Gasteiger partial charge in [-0.3, -0.25) is 0 Å². The fourth-order valence-corrected chi connectivity index (χ4v) is 3.72. The van der Waals surface area contributed by atoms with Gasteiger partial charge in [0.25, 0.3) is 0 Å². The van der Waals surface area contributed by atoms with Gasteiger partial charge < -0.3 is 4.90 Å². The zero-order chi connectivity index (χ0) is 14.9. The van der Waals surface area contributed by atoms with Crippen LogP contribution in [0.2, 0.25) is 0 Å². The minimum absolute atomic E-state index is 0.202. The average Bonchev–Trinajstić information content (AvgIpc) is 2.81. The van der Waals surface area contributed by atoms with E-state index in [4.69, 9.17) is 0 Å². The van der Waals surface area contributed by atoms with E-state index in [1.807, 2.05) is 74.0 Å². The first-order valence-corrected chi connectivity index (χ1v) is 7.95. The van der Waals surface area contributed by atoms with E-state index in [9.17, 15) is 4.79 Å². The Morgan fingerprint density at radius 3 is 1.86 bits per heavy atom. The Labute approximate surface area is 128 Å². The second kappa shape index (κ2) is 5.37. The first-order valence-electron chi connectivity index (χ1n) is 6.73. The molecule has 2 aromatic rings. The van der Waals surface area contributed by atoms with E-state index in [1.165, 1.54) is 11.8 Å². The fraction of sp³-hybridized carbons (Fsp3) is 0.176. The maximum atomic E-state index is 12.2. The molecule has 1 aliphatic rings. The van der Waals surface area contributed by atoms with Crippen LogP contribution in [0, 0.1) is 0 Å². The number of benzene rings is 2. The SMILES string of the molecule is CSC1=NC(=O)N(C)C1(c1ccccc1)c1ccccc1. The smallest absolute Gasteiger partial charge is 0.306 e. The highest BCUT2D eigenvalue weighted by molar-refractivity contribution is 8.13. The van der Waals surface area contributed by atoms with Gasteiger partial charge in [0.05, 0.1) is 0 Å². The summed E-state index contributed by atoms with van der Waals surface area (Å²) in [5.41, 5.74) is 1.48. The van der Waals surface area contributed by atoms with Crippen molar-refractivity contribution in [1.29, 1.82) is 0 Å². The quantitative estimate of drug-likeness (QED) is 0.845. The Kier molecular flexibility index (Phi) is 3.55. The fourth-order valence-electron chi connectivity index (χ4n) is 2.88. The number of amides is 2. The molecule has 4 heteroatoms. The molecule has 1 aliphatic heterocycles. The second-order valence-electron chi connectivity index (χ2n) is 4.91. The van der Waals surface area contributed by atoms with Crippen LogP contribution < -0.4 is 0 Å². The van der Waals surface area contributed by atoms with Crippen molar-refractivity contribution in [2.45, 2.75) is 5.54 Å². The molecule has 0 radical (unpaired) electrons. The molecule has 0 saturated heterocycles. The van der Waals surface area contributed by atoms with Gasteiger partial charge in [-0.05, 0) is 17.4 Å². The van der Waals surface area contributed by atoms with Crippen LogP contribution in [0.5, 0.6) is 0 Å². The molecule has 1 heterocycles. The lowest BCUT2D eigenvalue weighted by Crippen LogP contribution is -2.46. The minimum Gasteiger partial charge on any atom is -0.306 e. The molecule has 2 aromatic carbocycles. The number of nitrogens with zero attached hydrogens (tertiary/aromatic N) is 2. The van der Waals surface area contributed by atoms with Crippen molar-refractivity contribution in [3.05, 3.63) is 71.8 Å². The molecular formula is C17H16N2OS. The number of rotatable bonds is 2. The molecule has 0 aliphatic carbocycles. The summed E-state index contributed by atoms with van der Waals surface area (Å²) in [5.74, 6) is 0. The maximum absolute atomic E-state index is 12.2. The molecule has 2 amide bonds. The number of carbonyl (C=O) groups is 1. The Hall–Kier alpha value is -2.07. The molecule has 0 N–H and O–H groups in total. The predicted octanol–water partition coefficient (Wildman–Crippen LogP) is 3.76. The molecule has 0 saturated carbocycles. The van der Waals surface area contributed by atoms with Crippen molar-refractivity contribution in [3.63, 3.8) is 0 Å². The first-order chi connectivity index (χ1) is 10.2. The first kappa shape index (κ1) is 13.9. The van der Waals surface area contributed by atoms with Crippen LogP contribution in [-0.2, 0) is 5.54 Å². The lowest BCUT2D eigenvalue weighted by atomic mass is 9.83. The molecule has 0 bridgehead atoms. The zero-order valence-electron chi connectivity index (χ0n) is 12.0. The van der Waals surface area contributed by atoms with Crippen LogP contribution in [0.4, 0.5) is 4.79 Å². The molecule has 0 aromatic heterocycles. The monoisotopic (exact) mass is 296 g/mol. The highest BCUT2D eigenvalue weighted by Crippen LogP contribution is 2.43. The van der Waals surface area contributed by atoms with Gasteiger partial charge in [-0.25, -0.2) is 4.79 Å². The summed E-state index contributed by atoms with van der Waals surface area (Å²) in [6.45, 7) is 0. The van der Waals surface area contributed by atoms with Crippen LogP contribution in [0.15, 0.2) is 65.7 Å². The molecule has 0 atom stereocenters. The van der Waals surface area contributed by atoms with Crippen LogP contribution in [0.25, 0.3) is 0 Å². The van der Waals surface area contributed by atoms with E-state index >= 15 is 0 Å². The minimum atomic E-state index is -0.626. The Morgan fingerprint density at radius 1 is 0.952 bits per heavy atom. The predicted molar refractivity (Wildman–Crippen MR) is 87.8 cm³/mol. The third kappa shape index (κ3) is 1.98. The number of hydrogen-bond acceptors (Lipinski definition) is 2. The molecule has 0 fully saturated rings. The van der Waals surface area contributed by atoms with Crippen molar-refractivity contribution >= 4 is 22.8 Å². The van der Waals surface area contributed by atoms with Crippen molar-refractivity contribution in [2.75, 3.05) is 13.3 Å². The molecule has 0 unspecified atom stereocenters. The van der Waals surface area contributed by atoms with E-state index in [2.05, 4.69) is 4.99 Å². The summed E-state index contributed by atoms with van der Waals surface area (Å²) in [6, 6.07) is 19.9. The largest absolute Gasteiger partial charge is 0.345 e. The van der Waals surface area contributed by atoms with E-state index < -0.39 is 5.54 Å². The van der Waals surface area contributed by atoms with Crippen molar-refractivity contribution in [2.24, 2.45) is 4.99 Å². The highest BCUT2D eigenvalue weighted by atomic mass is 32.2. The van der Waals surface area contributed by atoms with Gasteiger partial charge >= 0.3 is 6.03 Å². The third-order valence-electron chi connectivity index (χ3n) is 3.87. The van der Waals surface area contributed by atoms with Gasteiger partial charge in [-0.2, -0.15) is 4.99 Å². The van der Waals surface area contributed by atoms with E-state index in [-0.39, 0.29) is 6.03 Å². The van der Waals surface area contributed by atoms with Gasteiger partial charge in [0, 0.05) is 7.05 Å². The summed E-state index contributed by atoms with van der Waals surface area (Å²) in [7, 11) is 1.81. The van der Waals surface area contributed by atoms with E-state index in [1.54, 1.807) is 4.90 Å². The summed E-state index contributed by atoms with van der Waals surface area (Å²) in [6.07, 6.45) is 1.96. The van der Waals surface area contributed by atoms with Gasteiger partial charge in [0.15, 0.2) is 0 Å². The lowest BCUT2D eigenvalue weighted by Gasteiger charge is -2.37. The summed E-state index contributed by atoms with van der Waals surface area (Å²) >= 11 is 1.52. The van der Waals surface area contributed by atoms with Gasteiger partial charge in [-0.1, -0.05) is 60.7 Å². The number of aliphatic imine (C=N–C) groups is 1. The molecule has 0 spiro atoms. The van der Waals surface area contributed by atoms with Crippen molar-refractivity contribution < 1.29 is 4.79 Å².